The molecule has 136 valence electrons. The van der Waals surface area contributed by atoms with Gasteiger partial charge in [0.15, 0.2) is 10.8 Å². The van der Waals surface area contributed by atoms with Gasteiger partial charge < -0.3 is 10.1 Å². The molecule has 2 heterocycles. The molecular weight excluding hydrogens is 363 g/mol. The Kier molecular flexibility index (Phi) is 5.13. The highest BCUT2D eigenvalue weighted by atomic mass is 32.1. The largest absolute Gasteiger partial charge is 0.437 e. The number of anilines is 2. The minimum atomic E-state index is -4.47. The van der Waals surface area contributed by atoms with E-state index in [0.29, 0.717) is 11.4 Å². The lowest BCUT2D eigenvalue weighted by molar-refractivity contribution is -0.140. The number of hydrogen-bond donors (Lipinski definition) is 1. The lowest BCUT2D eigenvalue weighted by atomic mass is 10.0. The highest BCUT2D eigenvalue weighted by Gasteiger charge is 2.33. The van der Waals surface area contributed by atoms with Gasteiger partial charge in [-0.1, -0.05) is 32.0 Å². The molecule has 0 aliphatic heterocycles. The molecule has 0 radical (unpaired) electrons. The Balaban J connectivity index is 1.87. The van der Waals surface area contributed by atoms with Crippen LogP contribution in [-0.2, 0) is 6.18 Å². The van der Waals surface area contributed by atoms with Gasteiger partial charge >= 0.3 is 6.18 Å². The van der Waals surface area contributed by atoms with Crippen molar-refractivity contribution in [3.63, 3.8) is 0 Å². The molecule has 8 heteroatoms. The highest BCUT2D eigenvalue weighted by Crippen LogP contribution is 2.36. The molecular formula is C18H16F3N3OS. The standard InChI is InChI=1S/C18H16F3N3OS/c1-11(2)12-6-3-4-8-14(12)25-16-13(7-5-9-22-16)23-17-24-15(10-26-17)18(19,20)21/h3-11H,1-2H3,(H,23,24). The van der Waals surface area contributed by atoms with Crippen LogP contribution in [0.5, 0.6) is 11.6 Å². The van der Waals surface area contributed by atoms with E-state index in [2.05, 4.69) is 15.3 Å². The van der Waals surface area contributed by atoms with Gasteiger partial charge in [0.2, 0.25) is 5.88 Å². The predicted molar refractivity (Wildman–Crippen MR) is 95.2 cm³/mol. The van der Waals surface area contributed by atoms with Gasteiger partial charge in [-0.2, -0.15) is 13.2 Å². The van der Waals surface area contributed by atoms with Crippen molar-refractivity contribution in [1.29, 1.82) is 0 Å². The number of hydrogen-bond acceptors (Lipinski definition) is 5. The van der Waals surface area contributed by atoms with E-state index in [-0.39, 0.29) is 16.9 Å². The van der Waals surface area contributed by atoms with Gasteiger partial charge in [0, 0.05) is 11.6 Å². The SMILES string of the molecule is CC(C)c1ccccc1Oc1ncccc1Nc1nc(C(F)(F)F)cs1. The van der Waals surface area contributed by atoms with E-state index in [9.17, 15) is 13.2 Å². The van der Waals surface area contributed by atoms with Crippen LogP contribution in [0.2, 0.25) is 0 Å². The number of pyridine rings is 1. The topological polar surface area (TPSA) is 47.0 Å². The number of ether oxygens (including phenoxy) is 1. The minimum Gasteiger partial charge on any atom is -0.437 e. The monoisotopic (exact) mass is 379 g/mol. The molecule has 0 saturated carbocycles. The second kappa shape index (κ2) is 7.33. The third-order valence-electron chi connectivity index (χ3n) is 3.56. The van der Waals surface area contributed by atoms with E-state index >= 15 is 0 Å². The minimum absolute atomic E-state index is 0.118. The molecule has 0 bridgehead atoms. The van der Waals surface area contributed by atoms with Crippen molar-refractivity contribution in [2.45, 2.75) is 25.9 Å². The molecule has 0 saturated heterocycles. The summed E-state index contributed by atoms with van der Waals surface area (Å²) >= 11 is 0.869. The van der Waals surface area contributed by atoms with E-state index in [1.165, 1.54) is 0 Å². The van der Waals surface area contributed by atoms with Gasteiger partial charge in [0.25, 0.3) is 0 Å². The number of rotatable bonds is 5. The van der Waals surface area contributed by atoms with Crippen molar-refractivity contribution in [1.82, 2.24) is 9.97 Å². The zero-order chi connectivity index (χ0) is 18.7. The molecule has 2 aromatic heterocycles. The summed E-state index contributed by atoms with van der Waals surface area (Å²) in [7, 11) is 0. The molecule has 0 amide bonds. The number of nitrogens with zero attached hydrogens (tertiary/aromatic N) is 2. The van der Waals surface area contributed by atoms with Crippen LogP contribution in [0.4, 0.5) is 24.0 Å². The summed E-state index contributed by atoms with van der Waals surface area (Å²) < 4.78 is 44.0. The molecule has 0 aliphatic carbocycles. The number of aromatic nitrogens is 2. The smallest absolute Gasteiger partial charge is 0.434 e. The molecule has 1 aromatic carbocycles. The maximum atomic E-state index is 12.7. The van der Waals surface area contributed by atoms with Gasteiger partial charge in [-0.25, -0.2) is 9.97 Å². The number of halogens is 3. The first kappa shape index (κ1) is 18.2. The summed E-state index contributed by atoms with van der Waals surface area (Å²) in [5.74, 6) is 1.17. The summed E-state index contributed by atoms with van der Waals surface area (Å²) in [6, 6.07) is 10.9. The molecule has 3 aromatic rings. The van der Waals surface area contributed by atoms with Crippen molar-refractivity contribution >= 4 is 22.2 Å². The molecule has 0 unspecified atom stereocenters. The Morgan fingerprint density at radius 1 is 1.12 bits per heavy atom. The quantitative estimate of drug-likeness (QED) is 0.572. The zero-order valence-corrected chi connectivity index (χ0v) is 14.9. The second-order valence-electron chi connectivity index (χ2n) is 5.81. The molecule has 0 aliphatic rings. The number of benzene rings is 1. The van der Waals surface area contributed by atoms with E-state index in [0.717, 1.165) is 22.3 Å². The third kappa shape index (κ3) is 4.13. The maximum Gasteiger partial charge on any atom is 0.434 e. The van der Waals surface area contributed by atoms with Gasteiger partial charge in [0.05, 0.1) is 0 Å². The Morgan fingerprint density at radius 3 is 2.58 bits per heavy atom. The van der Waals surface area contributed by atoms with Gasteiger partial charge in [-0.05, 0) is 29.7 Å². The van der Waals surface area contributed by atoms with Gasteiger partial charge in [-0.15, -0.1) is 11.3 Å². The Morgan fingerprint density at radius 2 is 1.88 bits per heavy atom. The summed E-state index contributed by atoms with van der Waals surface area (Å²) in [5.41, 5.74) is 0.522. The summed E-state index contributed by atoms with van der Waals surface area (Å²) in [6.07, 6.45) is -2.91. The Hall–Kier alpha value is -2.61. The number of nitrogens with one attached hydrogen (secondary N) is 1. The Bertz CT molecular complexity index is 893. The highest BCUT2D eigenvalue weighted by molar-refractivity contribution is 7.13. The van der Waals surface area contributed by atoms with Gasteiger partial charge in [0.1, 0.15) is 11.4 Å². The first-order chi connectivity index (χ1) is 12.3. The van der Waals surface area contributed by atoms with Gasteiger partial charge in [-0.3, -0.25) is 0 Å². The van der Waals surface area contributed by atoms with E-state index in [4.69, 9.17) is 4.74 Å². The van der Waals surface area contributed by atoms with Crippen LogP contribution in [0.3, 0.4) is 0 Å². The molecule has 1 N–H and O–H groups in total. The van der Waals surface area contributed by atoms with Crippen LogP contribution in [0.25, 0.3) is 0 Å². The van der Waals surface area contributed by atoms with Crippen molar-refractivity contribution in [3.05, 3.63) is 59.2 Å². The summed E-state index contributed by atoms with van der Waals surface area (Å²) in [4.78, 5) is 7.77. The fourth-order valence-corrected chi connectivity index (χ4v) is 3.03. The first-order valence-corrected chi connectivity index (χ1v) is 8.74. The summed E-state index contributed by atoms with van der Waals surface area (Å²) in [5, 5.41) is 3.94. The van der Waals surface area contributed by atoms with E-state index < -0.39 is 11.9 Å². The van der Waals surface area contributed by atoms with Crippen molar-refractivity contribution in [3.8, 4) is 11.6 Å². The normalized spacial score (nSPS) is 11.6. The average molecular weight is 379 g/mol. The van der Waals surface area contributed by atoms with Crippen LogP contribution in [0.15, 0.2) is 48.0 Å². The average Bonchev–Trinajstić information content (AvgIpc) is 3.06. The van der Waals surface area contributed by atoms with Crippen LogP contribution in [0, 0.1) is 0 Å². The molecule has 3 rings (SSSR count). The number of thiazole rings is 1. The molecule has 26 heavy (non-hydrogen) atoms. The van der Waals surface area contributed by atoms with Crippen LogP contribution in [0.1, 0.15) is 31.0 Å². The third-order valence-corrected chi connectivity index (χ3v) is 4.31. The zero-order valence-electron chi connectivity index (χ0n) is 14.0. The number of alkyl halides is 3. The van der Waals surface area contributed by atoms with E-state index in [1.54, 1.807) is 18.3 Å². The lowest BCUT2D eigenvalue weighted by Gasteiger charge is -2.15. The van der Waals surface area contributed by atoms with Crippen molar-refractivity contribution in [2.75, 3.05) is 5.32 Å². The molecule has 0 atom stereocenters. The predicted octanol–water partition coefficient (Wildman–Crippen LogP) is 6.22. The number of para-hydroxylation sites is 1. The van der Waals surface area contributed by atoms with Crippen LogP contribution in [-0.4, -0.2) is 9.97 Å². The van der Waals surface area contributed by atoms with Crippen molar-refractivity contribution < 1.29 is 17.9 Å². The first-order valence-electron chi connectivity index (χ1n) is 7.86. The lowest BCUT2D eigenvalue weighted by Crippen LogP contribution is -2.05. The van der Waals surface area contributed by atoms with Crippen LogP contribution >= 0.6 is 11.3 Å². The fraction of sp³-hybridized carbons (Fsp3) is 0.222. The fourth-order valence-electron chi connectivity index (χ4n) is 2.30. The second-order valence-corrected chi connectivity index (χ2v) is 6.67. The van der Waals surface area contributed by atoms with E-state index in [1.807, 2.05) is 38.1 Å². The Labute approximate surface area is 152 Å². The molecule has 4 nitrogen and oxygen atoms in total. The summed E-state index contributed by atoms with van der Waals surface area (Å²) in [6.45, 7) is 4.10. The molecule has 0 spiro atoms. The van der Waals surface area contributed by atoms with Crippen LogP contribution < -0.4 is 10.1 Å². The maximum absolute atomic E-state index is 12.7. The molecule has 0 fully saturated rings. The van der Waals surface area contributed by atoms with Crippen molar-refractivity contribution in [2.24, 2.45) is 0 Å².